The monoisotopic (exact) mass is 305 g/mol. The van der Waals surface area contributed by atoms with Crippen LogP contribution in [0.25, 0.3) is 0 Å². The molecule has 0 spiro atoms. The van der Waals surface area contributed by atoms with Crippen molar-refractivity contribution in [3.8, 4) is 0 Å². The van der Waals surface area contributed by atoms with Gasteiger partial charge in [-0.25, -0.2) is 0 Å². The predicted molar refractivity (Wildman–Crippen MR) is 97.4 cm³/mol. The molecule has 0 fully saturated rings. The van der Waals surface area contributed by atoms with Gasteiger partial charge in [-0.05, 0) is 25.0 Å². The van der Waals surface area contributed by atoms with Gasteiger partial charge in [0, 0.05) is 18.8 Å². The van der Waals surface area contributed by atoms with Crippen molar-refractivity contribution in [3.05, 3.63) is 71.3 Å². The highest BCUT2D eigenvalue weighted by molar-refractivity contribution is 6.00. The van der Waals surface area contributed by atoms with Crippen molar-refractivity contribution < 1.29 is 0 Å². The van der Waals surface area contributed by atoms with Crippen molar-refractivity contribution in [1.82, 2.24) is 4.90 Å². The highest BCUT2D eigenvalue weighted by atomic mass is 15.2. The molecule has 1 aliphatic rings. The first-order valence-corrected chi connectivity index (χ1v) is 8.12. The van der Waals surface area contributed by atoms with Gasteiger partial charge >= 0.3 is 0 Å². The molecular formula is C20H23N3. The Labute approximate surface area is 138 Å². The Morgan fingerprint density at radius 3 is 2.57 bits per heavy atom. The van der Waals surface area contributed by atoms with Crippen LogP contribution in [0.5, 0.6) is 0 Å². The van der Waals surface area contributed by atoms with E-state index in [0.29, 0.717) is 6.54 Å². The van der Waals surface area contributed by atoms with E-state index < -0.39 is 0 Å². The summed E-state index contributed by atoms with van der Waals surface area (Å²) in [5.41, 5.74) is 4.85. The van der Waals surface area contributed by atoms with Crippen molar-refractivity contribution in [2.24, 2.45) is 9.98 Å². The minimum Gasteiger partial charge on any atom is -0.353 e. The lowest BCUT2D eigenvalue weighted by Gasteiger charge is -2.19. The zero-order valence-corrected chi connectivity index (χ0v) is 13.9. The first-order chi connectivity index (χ1) is 11.2. The molecule has 118 valence electrons. The second-order valence-electron chi connectivity index (χ2n) is 5.97. The Morgan fingerprint density at radius 1 is 1.09 bits per heavy atom. The van der Waals surface area contributed by atoms with Gasteiger partial charge in [-0.3, -0.25) is 9.98 Å². The summed E-state index contributed by atoms with van der Waals surface area (Å²) in [6, 6.07) is 19.1. The smallest absolute Gasteiger partial charge is 0.121 e. The van der Waals surface area contributed by atoms with Gasteiger partial charge in [-0.2, -0.15) is 0 Å². The molecular weight excluding hydrogens is 282 g/mol. The average Bonchev–Trinajstić information content (AvgIpc) is 3.01. The van der Waals surface area contributed by atoms with Crippen LogP contribution in [-0.2, 0) is 6.54 Å². The third-order valence-corrected chi connectivity index (χ3v) is 4.17. The first kappa shape index (κ1) is 15.5. The molecule has 1 heterocycles. The third-order valence-electron chi connectivity index (χ3n) is 4.17. The van der Waals surface area contributed by atoms with Gasteiger partial charge in [0.2, 0.25) is 0 Å². The number of hydrogen-bond acceptors (Lipinski definition) is 3. The molecule has 1 aliphatic heterocycles. The standard InChI is InChI=1S/C20H23N3/c1-16-8-10-19(11-9-16)17(2)22-14-20-21-12-13-23(20)15-18-6-4-3-5-7-18/h3-11H,12-15H2,1-2H3. The van der Waals surface area contributed by atoms with Gasteiger partial charge in [-0.15, -0.1) is 0 Å². The van der Waals surface area contributed by atoms with E-state index in [-0.39, 0.29) is 0 Å². The normalized spacial score (nSPS) is 15.0. The number of nitrogens with zero attached hydrogens (tertiary/aromatic N) is 3. The molecule has 0 saturated carbocycles. The molecule has 3 nitrogen and oxygen atoms in total. The highest BCUT2D eigenvalue weighted by Crippen LogP contribution is 2.10. The van der Waals surface area contributed by atoms with E-state index in [4.69, 9.17) is 4.99 Å². The molecule has 0 amide bonds. The van der Waals surface area contributed by atoms with E-state index in [1.165, 1.54) is 16.7 Å². The summed E-state index contributed by atoms with van der Waals surface area (Å²) >= 11 is 0. The molecule has 0 atom stereocenters. The van der Waals surface area contributed by atoms with Crippen molar-refractivity contribution in [1.29, 1.82) is 0 Å². The van der Waals surface area contributed by atoms with E-state index in [9.17, 15) is 0 Å². The lowest BCUT2D eigenvalue weighted by atomic mass is 10.1. The summed E-state index contributed by atoms with van der Waals surface area (Å²) in [6.45, 7) is 7.61. The quantitative estimate of drug-likeness (QED) is 0.774. The Morgan fingerprint density at radius 2 is 1.83 bits per heavy atom. The summed E-state index contributed by atoms with van der Waals surface area (Å²) in [7, 11) is 0. The fourth-order valence-corrected chi connectivity index (χ4v) is 2.73. The van der Waals surface area contributed by atoms with E-state index >= 15 is 0 Å². The molecule has 0 unspecified atom stereocenters. The summed E-state index contributed by atoms with van der Waals surface area (Å²) in [6.07, 6.45) is 0. The lowest BCUT2D eigenvalue weighted by Crippen LogP contribution is -2.29. The first-order valence-electron chi connectivity index (χ1n) is 8.12. The zero-order chi connectivity index (χ0) is 16.1. The van der Waals surface area contributed by atoms with Crippen LogP contribution >= 0.6 is 0 Å². The fourth-order valence-electron chi connectivity index (χ4n) is 2.73. The van der Waals surface area contributed by atoms with Crippen molar-refractivity contribution in [2.75, 3.05) is 19.6 Å². The number of benzene rings is 2. The van der Waals surface area contributed by atoms with Crippen LogP contribution in [0.4, 0.5) is 0 Å². The van der Waals surface area contributed by atoms with Gasteiger partial charge in [0.25, 0.3) is 0 Å². The second kappa shape index (κ2) is 7.23. The third kappa shape index (κ3) is 4.07. The number of hydrogen-bond donors (Lipinski definition) is 0. The molecule has 0 aliphatic carbocycles. The largest absolute Gasteiger partial charge is 0.353 e. The fraction of sp³-hybridized carbons (Fsp3) is 0.300. The Bertz CT molecular complexity index is 699. The number of aliphatic imine (C=N–C) groups is 2. The number of amidine groups is 1. The van der Waals surface area contributed by atoms with E-state index in [1.54, 1.807) is 0 Å². The van der Waals surface area contributed by atoms with Crippen LogP contribution in [0.1, 0.15) is 23.6 Å². The van der Waals surface area contributed by atoms with Crippen molar-refractivity contribution in [2.45, 2.75) is 20.4 Å². The topological polar surface area (TPSA) is 28.0 Å². The van der Waals surface area contributed by atoms with Gasteiger partial charge in [0.05, 0.1) is 13.1 Å². The Hall–Kier alpha value is -2.42. The molecule has 23 heavy (non-hydrogen) atoms. The van der Waals surface area contributed by atoms with Crippen molar-refractivity contribution >= 4 is 11.5 Å². The van der Waals surface area contributed by atoms with E-state index in [2.05, 4.69) is 78.3 Å². The van der Waals surface area contributed by atoms with Gasteiger partial charge in [0.1, 0.15) is 5.84 Å². The maximum absolute atomic E-state index is 4.74. The van der Waals surface area contributed by atoms with Crippen LogP contribution in [0, 0.1) is 6.92 Å². The van der Waals surface area contributed by atoms with Crippen LogP contribution in [0.15, 0.2) is 64.6 Å². The maximum atomic E-state index is 4.74. The minimum absolute atomic E-state index is 0.659. The summed E-state index contributed by atoms with van der Waals surface area (Å²) in [5, 5.41) is 0. The molecule has 0 N–H and O–H groups in total. The van der Waals surface area contributed by atoms with Gasteiger partial charge < -0.3 is 4.90 Å². The highest BCUT2D eigenvalue weighted by Gasteiger charge is 2.16. The van der Waals surface area contributed by atoms with Gasteiger partial charge in [0.15, 0.2) is 0 Å². The molecule has 0 saturated heterocycles. The molecule has 0 bridgehead atoms. The predicted octanol–water partition coefficient (Wildman–Crippen LogP) is 3.72. The number of rotatable bonds is 5. The van der Waals surface area contributed by atoms with Crippen LogP contribution < -0.4 is 0 Å². The SMILES string of the molecule is CC(=NCC1=NCCN1Cc1ccccc1)c1ccc(C)cc1. The second-order valence-corrected chi connectivity index (χ2v) is 5.97. The average molecular weight is 305 g/mol. The Kier molecular flexibility index (Phi) is 4.86. The molecule has 3 heteroatoms. The summed E-state index contributed by atoms with van der Waals surface area (Å²) in [5.74, 6) is 1.10. The molecule has 2 aromatic rings. The van der Waals surface area contributed by atoms with Crippen LogP contribution in [-0.4, -0.2) is 36.1 Å². The summed E-state index contributed by atoms with van der Waals surface area (Å²) < 4.78 is 0. The maximum Gasteiger partial charge on any atom is 0.121 e. The summed E-state index contributed by atoms with van der Waals surface area (Å²) in [4.78, 5) is 11.7. The number of aryl methyl sites for hydroxylation is 1. The minimum atomic E-state index is 0.659. The van der Waals surface area contributed by atoms with E-state index in [0.717, 1.165) is 31.2 Å². The van der Waals surface area contributed by atoms with Crippen LogP contribution in [0.2, 0.25) is 0 Å². The lowest BCUT2D eigenvalue weighted by molar-refractivity contribution is 0.447. The van der Waals surface area contributed by atoms with E-state index in [1.807, 2.05) is 0 Å². The van der Waals surface area contributed by atoms with Crippen molar-refractivity contribution in [3.63, 3.8) is 0 Å². The molecule has 3 rings (SSSR count). The Balaban J connectivity index is 1.64. The molecule has 0 radical (unpaired) electrons. The van der Waals surface area contributed by atoms with Gasteiger partial charge in [-0.1, -0.05) is 60.2 Å². The van der Waals surface area contributed by atoms with Crippen LogP contribution in [0.3, 0.4) is 0 Å². The molecule has 2 aromatic carbocycles. The molecule has 0 aromatic heterocycles. The zero-order valence-electron chi connectivity index (χ0n) is 13.9.